The fraction of sp³-hybridized carbons (Fsp3) is 0.182. The minimum atomic E-state index is -0.622. The van der Waals surface area contributed by atoms with Gasteiger partial charge in [0.2, 0.25) is 0 Å². The van der Waals surface area contributed by atoms with Crippen molar-refractivity contribution in [1.29, 1.82) is 0 Å². The van der Waals surface area contributed by atoms with Gasteiger partial charge in [-0.15, -0.1) is 5.10 Å². The highest BCUT2D eigenvalue weighted by Gasteiger charge is 2.15. The van der Waals surface area contributed by atoms with E-state index in [-0.39, 0.29) is 17.2 Å². The molecule has 1 N–H and O–H groups in total. The number of aryl methyl sites for hydroxylation is 1. The zero-order valence-electron chi connectivity index (χ0n) is 10.2. The van der Waals surface area contributed by atoms with Gasteiger partial charge in [-0.05, 0) is 13.0 Å². The number of hydrogen-bond donors (Lipinski definition) is 1. The van der Waals surface area contributed by atoms with Crippen LogP contribution in [0.4, 0.5) is 5.69 Å². The van der Waals surface area contributed by atoms with E-state index in [9.17, 15) is 19.7 Å². The lowest BCUT2D eigenvalue weighted by atomic mass is 10.2. The van der Waals surface area contributed by atoms with Crippen LogP contribution in [-0.2, 0) is 0 Å². The molecule has 0 spiro atoms. The van der Waals surface area contributed by atoms with Gasteiger partial charge in [-0.1, -0.05) is 6.07 Å². The van der Waals surface area contributed by atoms with E-state index in [1.54, 1.807) is 6.92 Å². The molecule has 8 nitrogen and oxygen atoms in total. The number of hydrogen-bond acceptors (Lipinski definition) is 5. The summed E-state index contributed by atoms with van der Waals surface area (Å²) in [5, 5.41) is 14.6. The molecule has 2 aromatic rings. The molecule has 0 saturated heterocycles. The molecule has 2 rings (SSSR count). The van der Waals surface area contributed by atoms with Crippen molar-refractivity contribution < 1.29 is 9.72 Å². The number of benzene rings is 1. The molecule has 98 valence electrons. The number of carbonyl (C=O) groups is 1. The number of nitro benzene ring substituents is 1. The van der Waals surface area contributed by atoms with Crippen LogP contribution in [0.1, 0.15) is 23.1 Å². The second-order valence-corrected chi connectivity index (χ2v) is 3.97. The molecule has 0 aliphatic carbocycles. The normalized spacial score (nSPS) is 10.4. The third-order valence-corrected chi connectivity index (χ3v) is 2.59. The lowest BCUT2D eigenvalue weighted by molar-refractivity contribution is -0.385. The number of Topliss-reactive ketones (excluding diaryl/α,β-unsaturated/α-hetero) is 1. The fourth-order valence-corrected chi connectivity index (χ4v) is 1.58. The number of ketones is 1. The van der Waals surface area contributed by atoms with Crippen molar-refractivity contribution in [2.45, 2.75) is 13.8 Å². The summed E-state index contributed by atoms with van der Waals surface area (Å²) in [6.45, 7) is 2.86. The van der Waals surface area contributed by atoms with Gasteiger partial charge in [0, 0.05) is 18.6 Å². The van der Waals surface area contributed by atoms with Crippen molar-refractivity contribution in [3.05, 3.63) is 50.2 Å². The summed E-state index contributed by atoms with van der Waals surface area (Å²) in [6.07, 6.45) is 0. The Hall–Kier alpha value is -2.77. The van der Waals surface area contributed by atoms with Crippen LogP contribution in [0, 0.1) is 17.0 Å². The van der Waals surface area contributed by atoms with Crippen LogP contribution in [0.15, 0.2) is 23.0 Å². The maximum Gasteiger partial charge on any atom is 0.348 e. The zero-order chi connectivity index (χ0) is 14.2. The van der Waals surface area contributed by atoms with E-state index in [0.717, 1.165) is 4.68 Å². The molecule has 8 heteroatoms. The van der Waals surface area contributed by atoms with Gasteiger partial charge in [-0.3, -0.25) is 19.9 Å². The van der Waals surface area contributed by atoms with Gasteiger partial charge in [0.05, 0.1) is 10.6 Å². The van der Waals surface area contributed by atoms with Crippen LogP contribution in [0.3, 0.4) is 0 Å². The largest absolute Gasteiger partial charge is 0.348 e. The van der Waals surface area contributed by atoms with Crippen LogP contribution in [-0.4, -0.2) is 25.5 Å². The highest BCUT2D eigenvalue weighted by atomic mass is 16.6. The van der Waals surface area contributed by atoms with Gasteiger partial charge >= 0.3 is 5.69 Å². The molecule has 0 bridgehead atoms. The molecular formula is C11H10N4O4. The van der Waals surface area contributed by atoms with E-state index in [0.29, 0.717) is 5.56 Å². The van der Waals surface area contributed by atoms with Crippen LogP contribution in [0.25, 0.3) is 5.69 Å². The first-order chi connectivity index (χ1) is 8.90. The SMILES string of the molecule is CC(=O)c1nn(-c2ccc(C)c([N+](=O)[O-])c2)c(=O)[nH]1. The first-order valence-corrected chi connectivity index (χ1v) is 5.36. The molecule has 0 unspecified atom stereocenters. The number of aromatic amines is 1. The average molecular weight is 262 g/mol. The Balaban J connectivity index is 2.59. The van der Waals surface area contributed by atoms with Crippen LogP contribution in [0.2, 0.25) is 0 Å². The summed E-state index contributed by atoms with van der Waals surface area (Å²) in [6, 6.07) is 4.28. The van der Waals surface area contributed by atoms with Crippen LogP contribution >= 0.6 is 0 Å². The third-order valence-electron chi connectivity index (χ3n) is 2.59. The molecule has 19 heavy (non-hydrogen) atoms. The van der Waals surface area contributed by atoms with Gasteiger partial charge in [0.25, 0.3) is 5.69 Å². The second kappa shape index (κ2) is 4.48. The number of nitrogens with zero attached hydrogens (tertiary/aromatic N) is 3. The Morgan fingerprint density at radius 3 is 2.68 bits per heavy atom. The maximum atomic E-state index is 11.6. The first-order valence-electron chi connectivity index (χ1n) is 5.36. The first kappa shape index (κ1) is 12.7. The molecule has 0 aliphatic heterocycles. The highest BCUT2D eigenvalue weighted by Crippen LogP contribution is 2.20. The average Bonchev–Trinajstić information content (AvgIpc) is 2.72. The summed E-state index contributed by atoms with van der Waals surface area (Å²) in [7, 11) is 0. The summed E-state index contributed by atoms with van der Waals surface area (Å²) in [4.78, 5) is 35.3. The molecule has 1 heterocycles. The molecule has 0 aliphatic rings. The van der Waals surface area contributed by atoms with Crippen molar-refractivity contribution in [3.63, 3.8) is 0 Å². The molecule has 0 radical (unpaired) electrons. The minimum absolute atomic E-state index is 0.0896. The van der Waals surface area contributed by atoms with Crippen LogP contribution < -0.4 is 5.69 Å². The van der Waals surface area contributed by atoms with Gasteiger partial charge in [-0.25, -0.2) is 4.79 Å². The van der Waals surface area contributed by atoms with E-state index < -0.39 is 16.4 Å². The Labute approximate surface area is 106 Å². The standard InChI is InChI=1S/C11H10N4O4/c1-6-3-4-8(5-9(6)15(18)19)14-11(17)12-10(13-14)7(2)16/h3-5H,1-2H3,(H,12,13,17). The lowest BCUT2D eigenvalue weighted by Gasteiger charge is -2.01. The van der Waals surface area contributed by atoms with Gasteiger partial charge in [0.1, 0.15) is 0 Å². The Bertz CT molecular complexity index is 729. The second-order valence-electron chi connectivity index (χ2n) is 3.97. The summed E-state index contributed by atoms with van der Waals surface area (Å²) >= 11 is 0. The lowest BCUT2D eigenvalue weighted by Crippen LogP contribution is -2.16. The quantitative estimate of drug-likeness (QED) is 0.503. The van der Waals surface area contributed by atoms with Crippen molar-refractivity contribution >= 4 is 11.5 Å². The molecule has 0 atom stereocenters. The number of rotatable bonds is 3. The van der Waals surface area contributed by atoms with Crippen molar-refractivity contribution in [2.24, 2.45) is 0 Å². The molecular weight excluding hydrogens is 252 g/mol. The van der Waals surface area contributed by atoms with Crippen LogP contribution in [0.5, 0.6) is 0 Å². The predicted molar refractivity (Wildman–Crippen MR) is 65.6 cm³/mol. The van der Waals surface area contributed by atoms with Crippen molar-refractivity contribution in [3.8, 4) is 5.69 Å². The van der Waals surface area contributed by atoms with E-state index >= 15 is 0 Å². The topological polar surface area (TPSA) is 111 Å². The Kier molecular flexibility index (Phi) is 2.99. The third kappa shape index (κ3) is 2.28. The summed E-state index contributed by atoms with van der Waals surface area (Å²) in [5.74, 6) is -0.481. The van der Waals surface area contributed by atoms with E-state index in [1.807, 2.05) is 0 Å². The molecule has 1 aromatic carbocycles. The number of nitrogens with one attached hydrogen (secondary N) is 1. The number of nitro groups is 1. The molecule has 1 aromatic heterocycles. The summed E-state index contributed by atoms with van der Waals surface area (Å²) < 4.78 is 0.920. The van der Waals surface area contributed by atoms with Gasteiger partial charge in [-0.2, -0.15) is 4.68 Å². The predicted octanol–water partition coefficient (Wildman–Crippen LogP) is 0.980. The molecule has 0 amide bonds. The van der Waals surface area contributed by atoms with Crippen molar-refractivity contribution in [2.75, 3.05) is 0 Å². The van der Waals surface area contributed by atoms with E-state index in [1.165, 1.54) is 25.1 Å². The Morgan fingerprint density at radius 2 is 2.16 bits per heavy atom. The highest BCUT2D eigenvalue weighted by molar-refractivity contribution is 5.90. The summed E-state index contributed by atoms with van der Waals surface area (Å²) in [5.41, 5.74) is -0.0321. The zero-order valence-corrected chi connectivity index (χ0v) is 10.2. The van der Waals surface area contributed by atoms with E-state index in [4.69, 9.17) is 0 Å². The van der Waals surface area contributed by atoms with Gasteiger partial charge < -0.3 is 0 Å². The number of H-pyrrole nitrogens is 1. The molecule has 0 saturated carbocycles. The van der Waals surface area contributed by atoms with E-state index in [2.05, 4.69) is 10.1 Å². The smallest absolute Gasteiger partial charge is 0.291 e. The van der Waals surface area contributed by atoms with Crippen molar-refractivity contribution in [1.82, 2.24) is 14.8 Å². The molecule has 0 fully saturated rings. The monoisotopic (exact) mass is 262 g/mol. The Morgan fingerprint density at radius 1 is 1.47 bits per heavy atom. The van der Waals surface area contributed by atoms with Gasteiger partial charge in [0.15, 0.2) is 11.6 Å². The number of aromatic nitrogens is 3. The number of carbonyl (C=O) groups excluding carboxylic acids is 1. The minimum Gasteiger partial charge on any atom is -0.291 e. The fourth-order valence-electron chi connectivity index (χ4n) is 1.58. The maximum absolute atomic E-state index is 11.6.